The van der Waals surface area contributed by atoms with E-state index in [9.17, 15) is 14.4 Å². The van der Waals surface area contributed by atoms with E-state index in [0.29, 0.717) is 38.0 Å². The van der Waals surface area contributed by atoms with Crippen molar-refractivity contribution in [1.29, 1.82) is 0 Å². The van der Waals surface area contributed by atoms with Gasteiger partial charge in [-0.25, -0.2) is 9.59 Å². The van der Waals surface area contributed by atoms with Crippen molar-refractivity contribution in [2.75, 3.05) is 23.4 Å². The fourth-order valence-corrected chi connectivity index (χ4v) is 5.08. The molecule has 0 spiro atoms. The summed E-state index contributed by atoms with van der Waals surface area (Å²) < 4.78 is 5.72. The van der Waals surface area contributed by atoms with Gasteiger partial charge in [0.25, 0.3) is 0 Å². The molecule has 1 fully saturated rings. The van der Waals surface area contributed by atoms with Gasteiger partial charge in [-0.2, -0.15) is 0 Å². The quantitative estimate of drug-likeness (QED) is 0.450. The van der Waals surface area contributed by atoms with E-state index in [-0.39, 0.29) is 30.6 Å². The molecule has 9 heteroatoms. The van der Waals surface area contributed by atoms with Gasteiger partial charge in [-0.3, -0.25) is 4.79 Å². The second-order valence-corrected chi connectivity index (χ2v) is 9.97. The lowest BCUT2D eigenvalue weighted by molar-refractivity contribution is -0.138. The molecular formula is C26H31N3O5S. The minimum absolute atomic E-state index is 0.143. The van der Waals surface area contributed by atoms with Crippen molar-refractivity contribution in [2.45, 2.75) is 56.1 Å². The van der Waals surface area contributed by atoms with Gasteiger partial charge in [-0.1, -0.05) is 6.07 Å². The number of carboxylic acid groups (broad SMARTS) is 1. The number of urea groups is 1. The maximum atomic E-state index is 12.7. The predicted molar refractivity (Wildman–Crippen MR) is 136 cm³/mol. The molecule has 0 aromatic heterocycles. The third-order valence-corrected chi connectivity index (χ3v) is 7.35. The summed E-state index contributed by atoms with van der Waals surface area (Å²) >= 11 is 1.65. The average molecular weight is 498 g/mol. The van der Waals surface area contributed by atoms with Crippen LogP contribution in [-0.2, 0) is 22.5 Å². The number of hydrogen-bond acceptors (Lipinski definition) is 5. The number of thioether (sulfide) groups is 1. The van der Waals surface area contributed by atoms with E-state index in [1.165, 1.54) is 0 Å². The molecule has 186 valence electrons. The fraction of sp³-hybridized carbons (Fsp3) is 0.423. The first kappa shape index (κ1) is 24.9. The standard InChI is InChI=1S/C26H31N3O5S/c1-35-23-10-6-20(7-11-23)27-25(32)28-21-5-4-19-16-29(13-12-18(19)15-21)26(33)34-22-8-2-17(3-9-22)14-24(30)31/h4-7,10-11,15,17,22H,2-3,8-9,12-14,16H2,1H3,(H,30,31)(H2,27,28,32). The topological polar surface area (TPSA) is 108 Å². The van der Waals surface area contributed by atoms with E-state index in [1.54, 1.807) is 16.7 Å². The number of anilines is 2. The molecule has 0 bridgehead atoms. The molecule has 0 saturated heterocycles. The molecule has 1 heterocycles. The molecule has 35 heavy (non-hydrogen) atoms. The molecule has 2 aliphatic rings. The first-order chi connectivity index (χ1) is 16.9. The second-order valence-electron chi connectivity index (χ2n) is 9.09. The number of ether oxygens (including phenoxy) is 1. The average Bonchev–Trinajstić information content (AvgIpc) is 2.85. The molecule has 4 rings (SSSR count). The summed E-state index contributed by atoms with van der Waals surface area (Å²) in [6, 6.07) is 13.1. The van der Waals surface area contributed by atoms with Crippen molar-refractivity contribution in [1.82, 2.24) is 4.90 Å². The van der Waals surface area contributed by atoms with Crippen LogP contribution in [0.25, 0.3) is 0 Å². The zero-order valence-corrected chi connectivity index (χ0v) is 20.6. The van der Waals surface area contributed by atoms with Crippen molar-refractivity contribution in [3.63, 3.8) is 0 Å². The Morgan fingerprint density at radius 2 is 1.69 bits per heavy atom. The number of nitrogens with zero attached hydrogens (tertiary/aromatic N) is 1. The third-order valence-electron chi connectivity index (χ3n) is 6.61. The van der Waals surface area contributed by atoms with Crippen LogP contribution in [0.3, 0.4) is 0 Å². The molecule has 0 atom stereocenters. The van der Waals surface area contributed by atoms with E-state index in [4.69, 9.17) is 9.84 Å². The maximum absolute atomic E-state index is 12.7. The van der Waals surface area contributed by atoms with Crippen LogP contribution in [0.4, 0.5) is 21.0 Å². The Hall–Kier alpha value is -3.20. The van der Waals surface area contributed by atoms with Gasteiger partial charge < -0.3 is 25.4 Å². The van der Waals surface area contributed by atoms with Crippen LogP contribution in [0.5, 0.6) is 0 Å². The Kier molecular flexibility index (Phi) is 8.17. The van der Waals surface area contributed by atoms with Crippen LogP contribution in [0.2, 0.25) is 0 Å². The van der Waals surface area contributed by atoms with Crippen LogP contribution in [0.15, 0.2) is 47.4 Å². The lowest BCUT2D eigenvalue weighted by Gasteiger charge is -2.32. The number of fused-ring (bicyclic) bond motifs is 1. The summed E-state index contributed by atoms with van der Waals surface area (Å²) in [5, 5.41) is 14.7. The fourth-order valence-electron chi connectivity index (χ4n) is 4.67. The molecule has 1 aliphatic carbocycles. The number of benzene rings is 2. The highest BCUT2D eigenvalue weighted by Crippen LogP contribution is 2.30. The van der Waals surface area contributed by atoms with E-state index in [1.807, 2.05) is 48.7 Å². The first-order valence-electron chi connectivity index (χ1n) is 11.9. The van der Waals surface area contributed by atoms with Gasteiger partial charge in [0.1, 0.15) is 6.10 Å². The van der Waals surface area contributed by atoms with Gasteiger partial charge in [0.05, 0.1) is 0 Å². The van der Waals surface area contributed by atoms with E-state index >= 15 is 0 Å². The van der Waals surface area contributed by atoms with Crippen LogP contribution in [0, 0.1) is 5.92 Å². The Morgan fingerprint density at radius 1 is 1.00 bits per heavy atom. The first-order valence-corrected chi connectivity index (χ1v) is 13.1. The Morgan fingerprint density at radius 3 is 2.37 bits per heavy atom. The van der Waals surface area contributed by atoms with Crippen LogP contribution >= 0.6 is 11.8 Å². The molecular weight excluding hydrogens is 466 g/mol. The van der Waals surface area contributed by atoms with E-state index in [2.05, 4.69) is 10.6 Å². The number of rotatable bonds is 6. The number of carboxylic acids is 1. The van der Waals surface area contributed by atoms with Crippen molar-refractivity contribution in [3.05, 3.63) is 53.6 Å². The van der Waals surface area contributed by atoms with E-state index < -0.39 is 5.97 Å². The molecule has 2 aromatic carbocycles. The lowest BCUT2D eigenvalue weighted by atomic mass is 9.85. The van der Waals surface area contributed by atoms with Gasteiger partial charge in [-0.05, 0) is 91.8 Å². The normalized spacial score (nSPS) is 19.4. The molecule has 2 aromatic rings. The summed E-state index contributed by atoms with van der Waals surface area (Å²) in [6.07, 6.45) is 5.40. The maximum Gasteiger partial charge on any atom is 0.410 e. The molecule has 3 amide bonds. The third kappa shape index (κ3) is 6.91. The molecule has 0 radical (unpaired) electrons. The number of carbonyl (C=O) groups excluding carboxylic acids is 2. The van der Waals surface area contributed by atoms with Gasteiger partial charge in [-0.15, -0.1) is 11.8 Å². The molecule has 1 aliphatic heterocycles. The highest BCUT2D eigenvalue weighted by atomic mass is 32.2. The summed E-state index contributed by atoms with van der Waals surface area (Å²) in [5.41, 5.74) is 3.57. The second kappa shape index (κ2) is 11.5. The SMILES string of the molecule is CSc1ccc(NC(=O)Nc2ccc3c(c2)CCN(C(=O)OC2CCC(CC(=O)O)CC2)C3)cc1. The van der Waals surface area contributed by atoms with Crippen LogP contribution in [0.1, 0.15) is 43.2 Å². The zero-order chi connectivity index (χ0) is 24.8. The van der Waals surface area contributed by atoms with Gasteiger partial charge in [0.2, 0.25) is 0 Å². The van der Waals surface area contributed by atoms with Crippen LogP contribution in [-0.4, -0.2) is 47.0 Å². The van der Waals surface area contributed by atoms with Crippen LogP contribution < -0.4 is 10.6 Å². The Balaban J connectivity index is 1.26. The largest absolute Gasteiger partial charge is 0.481 e. The zero-order valence-electron chi connectivity index (χ0n) is 19.8. The summed E-state index contributed by atoms with van der Waals surface area (Å²) in [5.74, 6) is -0.590. The van der Waals surface area contributed by atoms with Gasteiger partial charge in [0.15, 0.2) is 0 Å². The van der Waals surface area contributed by atoms with Crippen molar-refractivity contribution in [3.8, 4) is 0 Å². The summed E-state index contributed by atoms with van der Waals surface area (Å²) in [6.45, 7) is 1.02. The Labute approximate surface area is 209 Å². The number of aliphatic carboxylic acids is 1. The number of amides is 3. The predicted octanol–water partition coefficient (Wildman–Crippen LogP) is 5.58. The van der Waals surface area contributed by atoms with Gasteiger partial charge >= 0.3 is 18.1 Å². The highest BCUT2D eigenvalue weighted by molar-refractivity contribution is 7.98. The van der Waals surface area contributed by atoms with Crippen molar-refractivity contribution in [2.24, 2.45) is 5.92 Å². The Bertz CT molecular complexity index is 1070. The van der Waals surface area contributed by atoms with Gasteiger partial charge in [0, 0.05) is 35.8 Å². The van der Waals surface area contributed by atoms with Crippen molar-refractivity contribution >= 4 is 41.2 Å². The van der Waals surface area contributed by atoms with Crippen molar-refractivity contribution < 1.29 is 24.2 Å². The summed E-state index contributed by atoms with van der Waals surface area (Å²) in [4.78, 5) is 38.8. The minimum atomic E-state index is -0.766. The monoisotopic (exact) mass is 497 g/mol. The molecule has 1 saturated carbocycles. The molecule has 3 N–H and O–H groups in total. The molecule has 8 nitrogen and oxygen atoms in total. The number of nitrogens with one attached hydrogen (secondary N) is 2. The minimum Gasteiger partial charge on any atom is -0.481 e. The van der Waals surface area contributed by atoms with E-state index in [0.717, 1.165) is 34.6 Å². The number of carbonyl (C=O) groups is 3. The number of hydrogen-bond donors (Lipinski definition) is 3. The highest BCUT2D eigenvalue weighted by Gasteiger charge is 2.28. The smallest absolute Gasteiger partial charge is 0.410 e. The molecule has 0 unspecified atom stereocenters. The lowest BCUT2D eigenvalue weighted by Crippen LogP contribution is -2.39. The summed E-state index contributed by atoms with van der Waals surface area (Å²) in [7, 11) is 0.